The van der Waals surface area contributed by atoms with Crippen LogP contribution in [0.3, 0.4) is 0 Å². The quantitative estimate of drug-likeness (QED) is 0.838. The molecule has 0 radical (unpaired) electrons. The summed E-state index contributed by atoms with van der Waals surface area (Å²) in [6, 6.07) is 8.19. The first-order valence-electron chi connectivity index (χ1n) is 5.29. The maximum absolute atomic E-state index is 11.9. The molecule has 2 N–H and O–H groups in total. The lowest BCUT2D eigenvalue weighted by molar-refractivity contribution is 0.102. The minimum Gasteiger partial charge on any atom is -0.507 e. The number of carbonyl (C=O) groups is 1. The zero-order valence-electron chi connectivity index (χ0n) is 9.64. The Labute approximate surface area is 113 Å². The molecule has 18 heavy (non-hydrogen) atoms. The zero-order valence-corrected chi connectivity index (χ0v) is 11.2. The number of amides is 1. The molecule has 2 aromatic rings. The molecule has 0 aliphatic carbocycles. The van der Waals surface area contributed by atoms with Crippen LogP contribution < -0.4 is 5.32 Å². The van der Waals surface area contributed by atoms with Gasteiger partial charge in [-0.1, -0.05) is 12.1 Å². The Balaban J connectivity index is 2.22. The van der Waals surface area contributed by atoms with E-state index >= 15 is 0 Å². The lowest BCUT2D eigenvalue weighted by Gasteiger charge is -2.07. The average molecular weight is 307 g/mol. The Bertz CT molecular complexity index is 599. The number of phenolic OH excluding ortho intramolecular Hbond substituents is 1. The summed E-state index contributed by atoms with van der Waals surface area (Å²) in [7, 11) is 0. The van der Waals surface area contributed by atoms with E-state index in [4.69, 9.17) is 0 Å². The molecule has 0 unspecified atom stereocenters. The molecule has 0 spiro atoms. The number of para-hydroxylation sites is 1. The number of rotatable bonds is 2. The molecular weight excluding hydrogens is 296 g/mol. The summed E-state index contributed by atoms with van der Waals surface area (Å²) in [5, 5.41) is 12.3. The Kier molecular flexibility index (Phi) is 3.62. The lowest BCUT2D eigenvalue weighted by Crippen LogP contribution is -2.12. The van der Waals surface area contributed by atoms with Crippen molar-refractivity contribution in [2.24, 2.45) is 0 Å². The van der Waals surface area contributed by atoms with Crippen LogP contribution in [-0.4, -0.2) is 16.0 Å². The van der Waals surface area contributed by atoms with Crippen molar-refractivity contribution in [3.05, 3.63) is 52.3 Å². The molecule has 0 fully saturated rings. The maximum atomic E-state index is 11.9. The zero-order chi connectivity index (χ0) is 13.1. The van der Waals surface area contributed by atoms with Gasteiger partial charge in [-0.25, -0.2) is 4.98 Å². The number of anilines is 1. The first kappa shape index (κ1) is 12.6. The van der Waals surface area contributed by atoms with Gasteiger partial charge < -0.3 is 10.4 Å². The Hall–Kier alpha value is -1.88. The average Bonchev–Trinajstić information content (AvgIpc) is 2.34. The van der Waals surface area contributed by atoms with Gasteiger partial charge in [0, 0.05) is 0 Å². The Morgan fingerprint density at radius 1 is 1.39 bits per heavy atom. The van der Waals surface area contributed by atoms with Crippen molar-refractivity contribution < 1.29 is 9.90 Å². The fraction of sp³-hybridized carbons (Fsp3) is 0.0769. The number of aryl methyl sites for hydroxylation is 1. The third kappa shape index (κ3) is 2.68. The minimum atomic E-state index is -0.364. The van der Waals surface area contributed by atoms with Crippen LogP contribution in [0.2, 0.25) is 0 Å². The molecule has 1 amide bonds. The van der Waals surface area contributed by atoms with Crippen LogP contribution in [0.25, 0.3) is 0 Å². The van der Waals surface area contributed by atoms with Crippen molar-refractivity contribution in [3.63, 3.8) is 0 Å². The molecule has 0 saturated heterocycles. The van der Waals surface area contributed by atoms with E-state index in [1.807, 2.05) is 6.92 Å². The first-order valence-corrected chi connectivity index (χ1v) is 6.08. The van der Waals surface area contributed by atoms with Gasteiger partial charge in [0.15, 0.2) is 0 Å². The predicted molar refractivity (Wildman–Crippen MR) is 72.7 cm³/mol. The SMILES string of the molecule is Cc1cc(NC(=O)c2ccccc2O)cnc1Br. The van der Waals surface area contributed by atoms with Crippen LogP contribution in [0.4, 0.5) is 5.69 Å². The summed E-state index contributed by atoms with van der Waals surface area (Å²) in [4.78, 5) is 16.0. The number of pyridine rings is 1. The third-order valence-electron chi connectivity index (χ3n) is 2.42. The van der Waals surface area contributed by atoms with Gasteiger partial charge in [0.2, 0.25) is 0 Å². The number of hydrogen-bond donors (Lipinski definition) is 2. The van der Waals surface area contributed by atoms with Crippen LogP contribution >= 0.6 is 15.9 Å². The normalized spacial score (nSPS) is 10.1. The number of nitrogens with zero attached hydrogens (tertiary/aromatic N) is 1. The van der Waals surface area contributed by atoms with E-state index in [0.29, 0.717) is 5.69 Å². The van der Waals surface area contributed by atoms with E-state index in [1.54, 1.807) is 30.5 Å². The van der Waals surface area contributed by atoms with Crippen molar-refractivity contribution in [2.45, 2.75) is 6.92 Å². The summed E-state index contributed by atoms with van der Waals surface area (Å²) in [6.45, 7) is 1.88. The van der Waals surface area contributed by atoms with Gasteiger partial charge in [-0.3, -0.25) is 4.79 Å². The second kappa shape index (κ2) is 5.18. The van der Waals surface area contributed by atoms with Gasteiger partial charge >= 0.3 is 0 Å². The monoisotopic (exact) mass is 306 g/mol. The van der Waals surface area contributed by atoms with E-state index in [0.717, 1.165) is 10.2 Å². The molecule has 0 atom stereocenters. The molecular formula is C13H11BrN2O2. The molecule has 5 heteroatoms. The summed E-state index contributed by atoms with van der Waals surface area (Å²) in [5.74, 6) is -0.409. The highest BCUT2D eigenvalue weighted by Crippen LogP contribution is 2.20. The van der Waals surface area contributed by atoms with E-state index in [2.05, 4.69) is 26.2 Å². The fourth-order valence-corrected chi connectivity index (χ4v) is 1.71. The van der Waals surface area contributed by atoms with Crippen molar-refractivity contribution in [1.82, 2.24) is 4.98 Å². The van der Waals surface area contributed by atoms with Crippen LogP contribution in [-0.2, 0) is 0 Å². The lowest BCUT2D eigenvalue weighted by atomic mass is 10.2. The van der Waals surface area contributed by atoms with Crippen molar-refractivity contribution in [2.75, 3.05) is 5.32 Å². The number of benzene rings is 1. The van der Waals surface area contributed by atoms with Gasteiger partial charge in [-0.15, -0.1) is 0 Å². The van der Waals surface area contributed by atoms with Gasteiger partial charge in [0.1, 0.15) is 10.4 Å². The van der Waals surface area contributed by atoms with E-state index in [-0.39, 0.29) is 17.2 Å². The fourth-order valence-electron chi connectivity index (χ4n) is 1.49. The Morgan fingerprint density at radius 2 is 2.11 bits per heavy atom. The van der Waals surface area contributed by atoms with Crippen molar-refractivity contribution >= 4 is 27.5 Å². The maximum Gasteiger partial charge on any atom is 0.259 e. The molecule has 0 aliphatic heterocycles. The number of halogens is 1. The topological polar surface area (TPSA) is 62.2 Å². The number of carbonyl (C=O) groups excluding carboxylic acids is 1. The molecule has 1 aromatic carbocycles. The number of aromatic hydroxyl groups is 1. The van der Waals surface area contributed by atoms with Gasteiger partial charge in [-0.2, -0.15) is 0 Å². The van der Waals surface area contributed by atoms with Crippen molar-refractivity contribution in [1.29, 1.82) is 0 Å². The predicted octanol–water partition coefficient (Wildman–Crippen LogP) is 3.11. The Morgan fingerprint density at radius 3 is 2.78 bits per heavy atom. The molecule has 1 heterocycles. The summed E-state index contributed by atoms with van der Waals surface area (Å²) < 4.78 is 0.739. The number of phenols is 1. The second-order valence-electron chi connectivity index (χ2n) is 3.80. The van der Waals surface area contributed by atoms with Gasteiger partial charge in [-0.05, 0) is 46.6 Å². The smallest absolute Gasteiger partial charge is 0.259 e. The standard InChI is InChI=1S/C13H11BrN2O2/c1-8-6-9(7-15-12(8)14)16-13(18)10-4-2-3-5-11(10)17/h2-7,17H,1H3,(H,16,18). The van der Waals surface area contributed by atoms with Crippen LogP contribution in [0.1, 0.15) is 15.9 Å². The summed E-state index contributed by atoms with van der Waals surface area (Å²) in [6.07, 6.45) is 1.55. The van der Waals surface area contributed by atoms with E-state index < -0.39 is 0 Å². The van der Waals surface area contributed by atoms with E-state index in [1.165, 1.54) is 6.07 Å². The first-order chi connectivity index (χ1) is 8.58. The summed E-state index contributed by atoms with van der Waals surface area (Å²) >= 11 is 3.29. The molecule has 0 saturated carbocycles. The molecule has 92 valence electrons. The number of nitrogens with one attached hydrogen (secondary N) is 1. The number of aromatic nitrogens is 1. The molecule has 4 nitrogen and oxygen atoms in total. The highest BCUT2D eigenvalue weighted by atomic mass is 79.9. The minimum absolute atomic E-state index is 0.0446. The van der Waals surface area contributed by atoms with Gasteiger partial charge in [0.05, 0.1) is 17.4 Å². The highest BCUT2D eigenvalue weighted by molar-refractivity contribution is 9.10. The summed E-state index contributed by atoms with van der Waals surface area (Å²) in [5.41, 5.74) is 1.74. The largest absolute Gasteiger partial charge is 0.507 e. The molecule has 2 rings (SSSR count). The van der Waals surface area contributed by atoms with E-state index in [9.17, 15) is 9.90 Å². The second-order valence-corrected chi connectivity index (χ2v) is 4.55. The van der Waals surface area contributed by atoms with Crippen LogP contribution in [0, 0.1) is 6.92 Å². The highest BCUT2D eigenvalue weighted by Gasteiger charge is 2.10. The number of hydrogen-bond acceptors (Lipinski definition) is 3. The van der Waals surface area contributed by atoms with Crippen LogP contribution in [0.15, 0.2) is 41.1 Å². The van der Waals surface area contributed by atoms with Gasteiger partial charge in [0.25, 0.3) is 5.91 Å². The van der Waals surface area contributed by atoms with Crippen molar-refractivity contribution in [3.8, 4) is 5.75 Å². The molecule has 0 aliphatic rings. The molecule has 0 bridgehead atoms. The third-order valence-corrected chi connectivity index (χ3v) is 3.25. The molecule has 1 aromatic heterocycles. The van der Waals surface area contributed by atoms with Crippen LogP contribution in [0.5, 0.6) is 5.75 Å².